The van der Waals surface area contributed by atoms with E-state index in [-0.39, 0.29) is 12.5 Å². The first-order valence-electron chi connectivity index (χ1n) is 6.27. The van der Waals surface area contributed by atoms with E-state index in [4.69, 9.17) is 0 Å². The fourth-order valence-electron chi connectivity index (χ4n) is 3.36. The molecule has 1 aromatic carbocycles. The zero-order valence-corrected chi connectivity index (χ0v) is 9.87. The van der Waals surface area contributed by atoms with Crippen LogP contribution in [0.4, 0.5) is 13.2 Å². The highest BCUT2D eigenvalue weighted by Gasteiger charge is 2.64. The van der Waals surface area contributed by atoms with Crippen LogP contribution in [0.2, 0.25) is 0 Å². The van der Waals surface area contributed by atoms with Gasteiger partial charge in [0.2, 0.25) is 0 Å². The lowest BCUT2D eigenvalue weighted by Gasteiger charge is -2.22. The maximum atomic E-state index is 13.1. The van der Waals surface area contributed by atoms with Crippen LogP contribution in [0.25, 0.3) is 0 Å². The lowest BCUT2D eigenvalue weighted by molar-refractivity contribution is -0.138. The van der Waals surface area contributed by atoms with Crippen LogP contribution in [-0.4, -0.2) is 11.7 Å². The Bertz CT molecular complexity index is 464. The number of rotatable bonds is 3. The number of aliphatic hydroxyl groups excluding tert-OH is 1. The average molecular weight is 256 g/mol. The van der Waals surface area contributed by atoms with E-state index in [0.29, 0.717) is 17.9 Å². The SMILES string of the molecule is OCC1CC1(c1ccccc1C(F)(F)F)C1CC1. The van der Waals surface area contributed by atoms with Crippen LogP contribution in [0.5, 0.6) is 0 Å². The van der Waals surface area contributed by atoms with Crippen molar-refractivity contribution in [3.63, 3.8) is 0 Å². The zero-order chi connectivity index (χ0) is 13.0. The lowest BCUT2D eigenvalue weighted by Crippen LogP contribution is -2.21. The second kappa shape index (κ2) is 3.73. The molecule has 2 saturated carbocycles. The standard InChI is InChI=1S/C14H15F3O/c15-14(16,17)12-4-2-1-3-11(12)13(9-5-6-9)7-10(13)8-18/h1-4,9-10,18H,5-8H2. The fourth-order valence-corrected chi connectivity index (χ4v) is 3.36. The van der Waals surface area contributed by atoms with Crippen molar-refractivity contribution >= 4 is 0 Å². The molecule has 4 heteroatoms. The summed E-state index contributed by atoms with van der Waals surface area (Å²) >= 11 is 0. The van der Waals surface area contributed by atoms with E-state index < -0.39 is 17.2 Å². The Balaban J connectivity index is 2.06. The summed E-state index contributed by atoms with van der Waals surface area (Å²) in [5.41, 5.74) is -0.521. The van der Waals surface area contributed by atoms with Crippen LogP contribution in [-0.2, 0) is 11.6 Å². The third-order valence-corrected chi connectivity index (χ3v) is 4.41. The van der Waals surface area contributed by atoms with Crippen molar-refractivity contribution in [1.82, 2.24) is 0 Å². The molecular formula is C14H15F3O. The molecule has 1 N–H and O–H groups in total. The molecule has 0 spiro atoms. The first-order chi connectivity index (χ1) is 8.50. The quantitative estimate of drug-likeness (QED) is 0.879. The number of halogens is 3. The van der Waals surface area contributed by atoms with Gasteiger partial charge in [-0.3, -0.25) is 0 Å². The van der Waals surface area contributed by atoms with Crippen molar-refractivity contribution in [3.05, 3.63) is 35.4 Å². The highest BCUT2D eigenvalue weighted by atomic mass is 19.4. The third kappa shape index (κ3) is 1.66. The Morgan fingerprint density at radius 2 is 1.89 bits per heavy atom. The molecule has 1 nitrogen and oxygen atoms in total. The molecule has 0 aliphatic heterocycles. The van der Waals surface area contributed by atoms with Crippen molar-refractivity contribution in [2.75, 3.05) is 6.61 Å². The van der Waals surface area contributed by atoms with Gasteiger partial charge in [0.15, 0.2) is 0 Å². The summed E-state index contributed by atoms with van der Waals surface area (Å²) in [4.78, 5) is 0. The predicted molar refractivity (Wildman–Crippen MR) is 61.0 cm³/mol. The largest absolute Gasteiger partial charge is 0.416 e. The molecular weight excluding hydrogens is 241 g/mol. The molecule has 0 radical (unpaired) electrons. The van der Waals surface area contributed by atoms with Crippen molar-refractivity contribution in [2.24, 2.45) is 11.8 Å². The van der Waals surface area contributed by atoms with E-state index in [0.717, 1.165) is 18.9 Å². The molecule has 2 aliphatic rings. The van der Waals surface area contributed by atoms with Crippen molar-refractivity contribution < 1.29 is 18.3 Å². The third-order valence-electron chi connectivity index (χ3n) is 4.41. The van der Waals surface area contributed by atoms with E-state index >= 15 is 0 Å². The van der Waals surface area contributed by atoms with Crippen LogP contribution in [0.15, 0.2) is 24.3 Å². The summed E-state index contributed by atoms with van der Waals surface area (Å²) in [6.45, 7) is -0.0112. The molecule has 98 valence electrons. The molecule has 0 aromatic heterocycles. The van der Waals surface area contributed by atoms with Crippen LogP contribution < -0.4 is 0 Å². The average Bonchev–Trinajstić information content (AvgIpc) is 3.20. The highest BCUT2D eigenvalue weighted by Crippen LogP contribution is 2.67. The van der Waals surface area contributed by atoms with Gasteiger partial charge in [0, 0.05) is 12.0 Å². The maximum absolute atomic E-state index is 13.1. The second-order valence-corrected chi connectivity index (χ2v) is 5.44. The Morgan fingerprint density at radius 3 is 2.39 bits per heavy atom. The number of hydrogen-bond acceptors (Lipinski definition) is 1. The van der Waals surface area contributed by atoms with E-state index in [2.05, 4.69) is 0 Å². The van der Waals surface area contributed by atoms with Gasteiger partial charge >= 0.3 is 6.18 Å². The topological polar surface area (TPSA) is 20.2 Å². The van der Waals surface area contributed by atoms with Gasteiger partial charge in [0.25, 0.3) is 0 Å². The van der Waals surface area contributed by atoms with Gasteiger partial charge in [-0.2, -0.15) is 13.2 Å². The first kappa shape index (κ1) is 12.0. The molecule has 3 rings (SSSR count). The monoisotopic (exact) mass is 256 g/mol. The van der Waals surface area contributed by atoms with Gasteiger partial charge < -0.3 is 5.11 Å². The summed E-state index contributed by atoms with van der Waals surface area (Å²) in [5.74, 6) is 0.339. The van der Waals surface area contributed by atoms with Gasteiger partial charge in [0.05, 0.1) is 5.56 Å². The molecule has 2 unspecified atom stereocenters. The maximum Gasteiger partial charge on any atom is 0.416 e. The Labute approximate surface area is 104 Å². The summed E-state index contributed by atoms with van der Waals surface area (Å²) in [6, 6.07) is 5.85. The van der Waals surface area contributed by atoms with E-state index in [1.54, 1.807) is 12.1 Å². The van der Waals surface area contributed by atoms with Crippen molar-refractivity contribution in [3.8, 4) is 0 Å². The summed E-state index contributed by atoms with van der Waals surface area (Å²) in [6.07, 6.45) is -1.63. The summed E-state index contributed by atoms with van der Waals surface area (Å²) in [5, 5.41) is 9.29. The van der Waals surface area contributed by atoms with Gasteiger partial charge in [-0.15, -0.1) is 0 Å². The molecule has 1 aromatic rings. The molecule has 2 fully saturated rings. The Hall–Kier alpha value is -1.03. The van der Waals surface area contributed by atoms with Crippen LogP contribution >= 0.6 is 0 Å². The molecule has 0 bridgehead atoms. The van der Waals surface area contributed by atoms with Gasteiger partial charge in [0.1, 0.15) is 0 Å². The van der Waals surface area contributed by atoms with Gasteiger partial charge in [-0.25, -0.2) is 0 Å². The molecule has 0 saturated heterocycles. The summed E-state index contributed by atoms with van der Waals surface area (Å²) in [7, 11) is 0. The van der Waals surface area contributed by atoms with Crippen molar-refractivity contribution in [2.45, 2.75) is 30.9 Å². The highest BCUT2D eigenvalue weighted by molar-refractivity contribution is 5.44. The van der Waals surface area contributed by atoms with Crippen LogP contribution in [0.3, 0.4) is 0 Å². The normalized spacial score (nSPS) is 31.4. The number of hydrogen-bond donors (Lipinski definition) is 1. The van der Waals surface area contributed by atoms with E-state index in [1.807, 2.05) is 0 Å². The van der Waals surface area contributed by atoms with E-state index in [1.165, 1.54) is 6.07 Å². The van der Waals surface area contributed by atoms with Crippen molar-refractivity contribution in [1.29, 1.82) is 0 Å². The lowest BCUT2D eigenvalue weighted by atomic mass is 9.85. The number of benzene rings is 1. The molecule has 0 heterocycles. The molecule has 18 heavy (non-hydrogen) atoms. The zero-order valence-electron chi connectivity index (χ0n) is 9.87. The fraction of sp³-hybridized carbons (Fsp3) is 0.571. The number of aliphatic hydroxyl groups is 1. The van der Waals surface area contributed by atoms with E-state index in [9.17, 15) is 18.3 Å². The molecule has 2 atom stereocenters. The van der Waals surface area contributed by atoms with Gasteiger partial charge in [-0.1, -0.05) is 18.2 Å². The minimum atomic E-state index is -4.30. The number of alkyl halides is 3. The van der Waals surface area contributed by atoms with Crippen LogP contribution in [0, 0.1) is 11.8 Å². The summed E-state index contributed by atoms with van der Waals surface area (Å²) < 4.78 is 39.2. The Morgan fingerprint density at radius 1 is 1.22 bits per heavy atom. The minimum absolute atomic E-state index is 0.00787. The Kier molecular flexibility index (Phi) is 2.49. The van der Waals surface area contributed by atoms with Gasteiger partial charge in [-0.05, 0) is 42.7 Å². The second-order valence-electron chi connectivity index (χ2n) is 5.44. The van der Waals surface area contributed by atoms with Crippen LogP contribution in [0.1, 0.15) is 30.4 Å². The molecule has 2 aliphatic carbocycles. The molecule has 0 amide bonds. The predicted octanol–water partition coefficient (Wildman–Crippen LogP) is 3.37. The minimum Gasteiger partial charge on any atom is -0.396 e. The first-order valence-corrected chi connectivity index (χ1v) is 6.27. The smallest absolute Gasteiger partial charge is 0.396 e.